The van der Waals surface area contributed by atoms with Crippen molar-refractivity contribution >= 4 is 5.91 Å². The van der Waals surface area contributed by atoms with Crippen LogP contribution in [-0.4, -0.2) is 11.9 Å². The van der Waals surface area contributed by atoms with Crippen LogP contribution in [0, 0.1) is 0 Å². The van der Waals surface area contributed by atoms with Crippen LogP contribution in [-0.2, 0) is 4.79 Å². The third kappa shape index (κ3) is 11.5. The zero-order chi connectivity index (χ0) is 12.2. The molecule has 0 saturated heterocycles. The van der Waals surface area contributed by atoms with Gasteiger partial charge >= 0.3 is 0 Å². The highest BCUT2D eigenvalue weighted by molar-refractivity contribution is 5.76. The van der Waals surface area contributed by atoms with Crippen molar-refractivity contribution in [2.45, 2.75) is 84.6 Å². The molecule has 0 aliphatic carbocycles. The van der Waals surface area contributed by atoms with Gasteiger partial charge in [0.1, 0.15) is 0 Å². The van der Waals surface area contributed by atoms with Crippen molar-refractivity contribution in [3.05, 3.63) is 0 Å². The lowest BCUT2D eigenvalue weighted by Gasteiger charge is -2.07. The van der Waals surface area contributed by atoms with E-state index in [1.165, 1.54) is 44.9 Å². The molecule has 2 heteroatoms. The van der Waals surface area contributed by atoms with Crippen LogP contribution in [0.5, 0.6) is 0 Å². The summed E-state index contributed by atoms with van der Waals surface area (Å²) in [4.78, 5) is 11.3. The van der Waals surface area contributed by atoms with Crippen molar-refractivity contribution in [3.63, 3.8) is 0 Å². The third-order valence-electron chi connectivity index (χ3n) is 2.71. The molecule has 2 nitrogen and oxygen atoms in total. The van der Waals surface area contributed by atoms with Gasteiger partial charge in [0.15, 0.2) is 0 Å². The fourth-order valence-corrected chi connectivity index (χ4v) is 1.81. The maximum Gasteiger partial charge on any atom is 0.220 e. The van der Waals surface area contributed by atoms with E-state index in [0.717, 1.165) is 6.42 Å². The zero-order valence-electron chi connectivity index (χ0n) is 11.3. The Bertz CT molecular complexity index is 166. The summed E-state index contributed by atoms with van der Waals surface area (Å²) < 4.78 is 0. The zero-order valence-corrected chi connectivity index (χ0v) is 11.3. The summed E-state index contributed by atoms with van der Waals surface area (Å²) in [7, 11) is 0. The van der Waals surface area contributed by atoms with Crippen molar-refractivity contribution in [2.75, 3.05) is 0 Å². The molecule has 0 unspecified atom stereocenters. The van der Waals surface area contributed by atoms with Gasteiger partial charge in [0.25, 0.3) is 0 Å². The summed E-state index contributed by atoms with van der Waals surface area (Å²) in [6.45, 7) is 6.25. The molecule has 0 aliphatic rings. The minimum atomic E-state index is 0.209. The van der Waals surface area contributed by atoms with Crippen molar-refractivity contribution < 1.29 is 4.79 Å². The molecule has 0 aliphatic heterocycles. The first kappa shape index (κ1) is 15.5. The molecular weight excluding hydrogens is 198 g/mol. The van der Waals surface area contributed by atoms with E-state index in [1.807, 2.05) is 13.8 Å². The fourth-order valence-electron chi connectivity index (χ4n) is 1.81. The van der Waals surface area contributed by atoms with Gasteiger partial charge in [0.05, 0.1) is 0 Å². The predicted molar refractivity (Wildman–Crippen MR) is 70.5 cm³/mol. The number of hydrogen-bond acceptors (Lipinski definition) is 1. The number of carbonyl (C=O) groups excluding carboxylic acids is 1. The van der Waals surface area contributed by atoms with E-state index in [2.05, 4.69) is 12.2 Å². The highest BCUT2D eigenvalue weighted by Gasteiger charge is 2.01. The summed E-state index contributed by atoms with van der Waals surface area (Å²) in [6, 6.07) is 0.279. The second-order valence-electron chi connectivity index (χ2n) is 4.95. The number of carbonyl (C=O) groups is 1. The van der Waals surface area contributed by atoms with Crippen LogP contribution in [0.2, 0.25) is 0 Å². The standard InChI is InChI=1S/C14H29NO/c1-4-5-6-7-8-9-10-11-12-14(16)15-13(2)3/h13H,4-12H2,1-3H3,(H,15,16). The summed E-state index contributed by atoms with van der Waals surface area (Å²) >= 11 is 0. The largest absolute Gasteiger partial charge is 0.354 e. The minimum Gasteiger partial charge on any atom is -0.354 e. The van der Waals surface area contributed by atoms with Crippen LogP contribution in [0.4, 0.5) is 0 Å². The molecule has 96 valence electrons. The molecule has 0 bridgehead atoms. The monoisotopic (exact) mass is 227 g/mol. The number of nitrogens with one attached hydrogen (secondary N) is 1. The molecule has 16 heavy (non-hydrogen) atoms. The number of unbranched alkanes of at least 4 members (excludes halogenated alkanes) is 7. The van der Waals surface area contributed by atoms with Crippen LogP contribution in [0.3, 0.4) is 0 Å². The molecule has 0 spiro atoms. The number of amides is 1. The topological polar surface area (TPSA) is 29.1 Å². The van der Waals surface area contributed by atoms with E-state index >= 15 is 0 Å². The van der Waals surface area contributed by atoms with Crippen LogP contribution in [0.1, 0.15) is 78.6 Å². The first-order valence-corrected chi connectivity index (χ1v) is 6.96. The lowest BCUT2D eigenvalue weighted by atomic mass is 10.1. The SMILES string of the molecule is CCCCCCCCCCC(=O)NC(C)C. The van der Waals surface area contributed by atoms with Crippen molar-refractivity contribution in [2.24, 2.45) is 0 Å². The summed E-state index contributed by atoms with van der Waals surface area (Å²) in [6.07, 6.45) is 11.0. The molecule has 0 aromatic carbocycles. The van der Waals surface area contributed by atoms with E-state index in [1.54, 1.807) is 0 Å². The van der Waals surface area contributed by atoms with Crippen LogP contribution in [0.15, 0.2) is 0 Å². The molecule has 0 saturated carbocycles. The average Bonchev–Trinajstić information content (AvgIpc) is 2.21. The smallest absolute Gasteiger partial charge is 0.220 e. The van der Waals surface area contributed by atoms with E-state index in [9.17, 15) is 4.79 Å². The van der Waals surface area contributed by atoms with Gasteiger partial charge in [0.2, 0.25) is 5.91 Å². The van der Waals surface area contributed by atoms with Gasteiger partial charge in [-0.05, 0) is 20.3 Å². The molecule has 1 amide bonds. The predicted octanol–water partition coefficient (Wildman–Crippen LogP) is 4.04. The normalized spacial score (nSPS) is 10.8. The highest BCUT2D eigenvalue weighted by atomic mass is 16.1. The second kappa shape index (κ2) is 11.0. The quantitative estimate of drug-likeness (QED) is 0.561. The Balaban J connectivity index is 3.11. The van der Waals surface area contributed by atoms with Gasteiger partial charge in [0, 0.05) is 12.5 Å². The van der Waals surface area contributed by atoms with Gasteiger partial charge in [-0.1, -0.05) is 51.9 Å². The molecule has 0 aromatic rings. The molecule has 0 radical (unpaired) electrons. The molecule has 1 N–H and O–H groups in total. The first-order chi connectivity index (χ1) is 7.66. The lowest BCUT2D eigenvalue weighted by Crippen LogP contribution is -2.29. The van der Waals surface area contributed by atoms with E-state index < -0.39 is 0 Å². The fraction of sp³-hybridized carbons (Fsp3) is 0.929. The summed E-state index contributed by atoms with van der Waals surface area (Å²) in [5.41, 5.74) is 0. The third-order valence-corrected chi connectivity index (χ3v) is 2.71. The molecule has 0 atom stereocenters. The Morgan fingerprint density at radius 3 is 1.94 bits per heavy atom. The molecular formula is C14H29NO. The van der Waals surface area contributed by atoms with Gasteiger partial charge < -0.3 is 5.32 Å². The van der Waals surface area contributed by atoms with E-state index in [4.69, 9.17) is 0 Å². The second-order valence-corrected chi connectivity index (χ2v) is 4.95. The molecule has 0 fully saturated rings. The Labute approximate surface area is 101 Å². The Kier molecular flexibility index (Phi) is 10.6. The number of hydrogen-bond donors (Lipinski definition) is 1. The van der Waals surface area contributed by atoms with E-state index in [-0.39, 0.29) is 11.9 Å². The van der Waals surface area contributed by atoms with Crippen molar-refractivity contribution in [1.29, 1.82) is 0 Å². The summed E-state index contributed by atoms with van der Waals surface area (Å²) in [5, 5.41) is 2.92. The van der Waals surface area contributed by atoms with Gasteiger partial charge in [-0.25, -0.2) is 0 Å². The highest BCUT2D eigenvalue weighted by Crippen LogP contribution is 2.09. The van der Waals surface area contributed by atoms with Gasteiger partial charge in [-0.3, -0.25) is 4.79 Å². The molecule has 0 aromatic heterocycles. The first-order valence-electron chi connectivity index (χ1n) is 6.96. The van der Waals surface area contributed by atoms with Crippen molar-refractivity contribution in [1.82, 2.24) is 5.32 Å². The maximum atomic E-state index is 11.3. The van der Waals surface area contributed by atoms with Crippen LogP contribution >= 0.6 is 0 Å². The minimum absolute atomic E-state index is 0.209. The lowest BCUT2D eigenvalue weighted by molar-refractivity contribution is -0.121. The Morgan fingerprint density at radius 1 is 0.938 bits per heavy atom. The Morgan fingerprint density at radius 2 is 1.44 bits per heavy atom. The van der Waals surface area contributed by atoms with Crippen LogP contribution in [0.25, 0.3) is 0 Å². The number of rotatable bonds is 10. The molecule has 0 heterocycles. The Hall–Kier alpha value is -0.530. The average molecular weight is 227 g/mol. The van der Waals surface area contributed by atoms with Gasteiger partial charge in [-0.15, -0.1) is 0 Å². The maximum absolute atomic E-state index is 11.3. The van der Waals surface area contributed by atoms with Crippen molar-refractivity contribution in [3.8, 4) is 0 Å². The van der Waals surface area contributed by atoms with Crippen LogP contribution < -0.4 is 5.32 Å². The van der Waals surface area contributed by atoms with Gasteiger partial charge in [-0.2, -0.15) is 0 Å². The van der Waals surface area contributed by atoms with E-state index in [0.29, 0.717) is 6.42 Å². The molecule has 0 rings (SSSR count). The summed E-state index contributed by atoms with van der Waals surface area (Å²) in [5.74, 6) is 0.209.